The minimum Gasteiger partial charge on any atom is -0.338 e. The Morgan fingerprint density at radius 2 is 1.81 bits per heavy atom. The minimum atomic E-state index is -3.36. The van der Waals surface area contributed by atoms with Crippen molar-refractivity contribution < 1.29 is 13.2 Å². The Balaban J connectivity index is 1.33. The normalized spacial score (nSPS) is 19.5. The number of carbonyl (C=O) groups excluding carboxylic acids is 1. The number of anilines is 1. The van der Waals surface area contributed by atoms with Gasteiger partial charge >= 0.3 is 5.69 Å². The minimum absolute atomic E-state index is 0.0480. The molecule has 0 radical (unpaired) electrons. The fourth-order valence-electron chi connectivity index (χ4n) is 5.19. The number of piperidine rings is 1. The molecule has 8 nitrogen and oxygen atoms in total. The van der Waals surface area contributed by atoms with Crippen LogP contribution in [0.3, 0.4) is 0 Å². The summed E-state index contributed by atoms with van der Waals surface area (Å²) in [7, 11) is -3.36. The van der Waals surface area contributed by atoms with Crippen LogP contribution in [0.4, 0.5) is 5.69 Å². The molecule has 32 heavy (non-hydrogen) atoms. The van der Waals surface area contributed by atoms with Gasteiger partial charge < -0.3 is 9.88 Å². The molecular weight excluding hydrogens is 428 g/mol. The third kappa shape index (κ3) is 3.40. The average Bonchev–Trinajstić information content (AvgIpc) is 3.27. The van der Waals surface area contributed by atoms with E-state index in [0.29, 0.717) is 43.6 Å². The second-order valence-electron chi connectivity index (χ2n) is 8.80. The summed E-state index contributed by atoms with van der Waals surface area (Å²) >= 11 is 0. The molecule has 2 aliphatic heterocycles. The van der Waals surface area contributed by atoms with E-state index in [1.165, 1.54) is 10.6 Å². The highest BCUT2D eigenvalue weighted by atomic mass is 32.2. The molecule has 1 saturated heterocycles. The maximum Gasteiger partial charge on any atom is 0.326 e. The third-order valence-electron chi connectivity index (χ3n) is 6.58. The number of nitrogens with one attached hydrogen (secondary N) is 1. The summed E-state index contributed by atoms with van der Waals surface area (Å²) in [6.45, 7) is 3.01. The third-order valence-corrected chi connectivity index (χ3v) is 7.85. The topological polar surface area (TPSA) is 95.5 Å². The van der Waals surface area contributed by atoms with E-state index in [4.69, 9.17) is 0 Å². The number of hydrogen-bond acceptors (Lipinski definition) is 4. The molecule has 0 spiro atoms. The lowest BCUT2D eigenvalue weighted by molar-refractivity contribution is 0.0695. The zero-order chi connectivity index (χ0) is 22.6. The van der Waals surface area contributed by atoms with E-state index in [2.05, 4.69) is 4.98 Å². The Hall–Kier alpha value is -3.07. The summed E-state index contributed by atoms with van der Waals surface area (Å²) in [6, 6.07) is 12.8. The first-order valence-corrected chi connectivity index (χ1v) is 12.7. The number of imidazole rings is 1. The second kappa shape index (κ2) is 7.51. The first kappa shape index (κ1) is 20.8. The maximum absolute atomic E-state index is 13.2. The van der Waals surface area contributed by atoms with Gasteiger partial charge in [-0.1, -0.05) is 12.1 Å². The molecule has 1 N–H and O–H groups in total. The number of benzene rings is 2. The number of likely N-dealkylation sites (tertiary alicyclic amines) is 1. The summed E-state index contributed by atoms with van der Waals surface area (Å²) in [5.74, 6) is -0.0528. The molecule has 0 unspecified atom stereocenters. The number of H-pyrrole nitrogens is 1. The number of aromatic nitrogens is 2. The standard InChI is InChI=1S/C23H26N4O4S/c1-15-13-17-14-16(7-8-20(17)27(15)32(2,30)31)22(28)25-11-9-18(10-12-25)26-21-6-4-3-5-19(21)24-23(26)29/h3-8,14-15,18H,9-13H2,1-2H3,(H,24,29)/t15-/m1/s1. The van der Waals surface area contributed by atoms with Crippen molar-refractivity contribution in [1.29, 1.82) is 0 Å². The van der Waals surface area contributed by atoms with Crippen molar-refractivity contribution in [2.24, 2.45) is 0 Å². The molecule has 3 aromatic rings. The maximum atomic E-state index is 13.2. The van der Waals surface area contributed by atoms with Crippen molar-refractivity contribution in [3.05, 3.63) is 64.1 Å². The summed E-state index contributed by atoms with van der Waals surface area (Å²) in [4.78, 5) is 30.4. The van der Waals surface area contributed by atoms with Gasteiger partial charge in [-0.25, -0.2) is 13.2 Å². The van der Waals surface area contributed by atoms with Crippen molar-refractivity contribution in [1.82, 2.24) is 14.5 Å². The first-order valence-electron chi connectivity index (χ1n) is 10.8. The van der Waals surface area contributed by atoms with Crippen molar-refractivity contribution in [3.63, 3.8) is 0 Å². The molecule has 5 rings (SSSR count). The molecule has 1 amide bonds. The summed E-state index contributed by atoms with van der Waals surface area (Å²) in [5.41, 5.74) is 3.73. The van der Waals surface area contributed by atoms with Crippen LogP contribution in [-0.4, -0.2) is 54.2 Å². The van der Waals surface area contributed by atoms with Crippen LogP contribution in [0, 0.1) is 0 Å². The molecule has 9 heteroatoms. The van der Waals surface area contributed by atoms with Gasteiger partial charge in [-0.05, 0) is 62.1 Å². The van der Waals surface area contributed by atoms with E-state index < -0.39 is 10.0 Å². The number of amides is 1. The van der Waals surface area contributed by atoms with Gasteiger partial charge in [0.2, 0.25) is 10.0 Å². The molecule has 0 saturated carbocycles. The van der Waals surface area contributed by atoms with Crippen LogP contribution < -0.4 is 9.99 Å². The monoisotopic (exact) mass is 454 g/mol. The molecule has 1 aromatic heterocycles. The number of hydrogen-bond donors (Lipinski definition) is 1. The van der Waals surface area contributed by atoms with Crippen molar-refractivity contribution >= 4 is 32.7 Å². The number of sulfonamides is 1. The highest BCUT2D eigenvalue weighted by molar-refractivity contribution is 7.92. The molecule has 3 heterocycles. The molecule has 2 aliphatic rings. The van der Waals surface area contributed by atoms with Crippen LogP contribution in [0.5, 0.6) is 0 Å². The molecule has 1 fully saturated rings. The Labute approximate surface area is 186 Å². The van der Waals surface area contributed by atoms with Crippen molar-refractivity contribution in [2.75, 3.05) is 23.7 Å². The Bertz CT molecular complexity index is 1370. The van der Waals surface area contributed by atoms with E-state index in [9.17, 15) is 18.0 Å². The predicted octanol–water partition coefficient (Wildman–Crippen LogP) is 2.52. The Morgan fingerprint density at radius 1 is 1.09 bits per heavy atom. The average molecular weight is 455 g/mol. The van der Waals surface area contributed by atoms with Gasteiger partial charge in [-0.2, -0.15) is 0 Å². The van der Waals surface area contributed by atoms with E-state index in [-0.39, 0.29) is 23.7 Å². The van der Waals surface area contributed by atoms with Crippen molar-refractivity contribution in [3.8, 4) is 0 Å². The quantitative estimate of drug-likeness (QED) is 0.658. The van der Waals surface area contributed by atoms with Gasteiger partial charge in [-0.3, -0.25) is 13.7 Å². The first-order chi connectivity index (χ1) is 15.2. The second-order valence-corrected chi connectivity index (χ2v) is 10.7. The number of fused-ring (bicyclic) bond motifs is 2. The predicted molar refractivity (Wildman–Crippen MR) is 124 cm³/mol. The highest BCUT2D eigenvalue weighted by Crippen LogP contribution is 2.35. The van der Waals surface area contributed by atoms with Crippen LogP contribution in [-0.2, 0) is 16.4 Å². The van der Waals surface area contributed by atoms with E-state index in [1.54, 1.807) is 12.1 Å². The fourth-order valence-corrected chi connectivity index (χ4v) is 6.45. The van der Waals surface area contributed by atoms with Gasteiger partial charge in [0.15, 0.2) is 0 Å². The smallest absolute Gasteiger partial charge is 0.326 e. The van der Waals surface area contributed by atoms with E-state index in [0.717, 1.165) is 16.6 Å². The van der Waals surface area contributed by atoms with Crippen LogP contribution >= 0.6 is 0 Å². The summed E-state index contributed by atoms with van der Waals surface area (Å²) in [5, 5.41) is 0. The van der Waals surface area contributed by atoms with Crippen LogP contribution in [0.15, 0.2) is 47.3 Å². The molecule has 168 valence electrons. The van der Waals surface area contributed by atoms with Gasteiger partial charge in [0.1, 0.15) is 0 Å². The molecular formula is C23H26N4O4S. The molecule has 1 atom stereocenters. The molecule has 0 aliphatic carbocycles. The lowest BCUT2D eigenvalue weighted by Gasteiger charge is -2.32. The van der Waals surface area contributed by atoms with Crippen LogP contribution in [0.2, 0.25) is 0 Å². The zero-order valence-corrected chi connectivity index (χ0v) is 18.9. The van der Waals surface area contributed by atoms with Crippen LogP contribution in [0.1, 0.15) is 41.7 Å². The fraction of sp³-hybridized carbons (Fsp3) is 0.391. The lowest BCUT2D eigenvalue weighted by atomic mass is 10.0. The van der Waals surface area contributed by atoms with Crippen molar-refractivity contribution in [2.45, 2.75) is 38.3 Å². The molecule has 2 aromatic carbocycles. The highest BCUT2D eigenvalue weighted by Gasteiger charge is 2.33. The van der Waals surface area contributed by atoms with Crippen LogP contribution in [0.25, 0.3) is 11.0 Å². The van der Waals surface area contributed by atoms with Gasteiger partial charge in [0.25, 0.3) is 5.91 Å². The zero-order valence-electron chi connectivity index (χ0n) is 18.1. The Kier molecular flexibility index (Phi) is 4.88. The van der Waals surface area contributed by atoms with Gasteiger partial charge in [-0.15, -0.1) is 0 Å². The number of para-hydroxylation sites is 2. The van der Waals surface area contributed by atoms with E-state index >= 15 is 0 Å². The Morgan fingerprint density at radius 3 is 2.53 bits per heavy atom. The number of rotatable bonds is 3. The lowest BCUT2D eigenvalue weighted by Crippen LogP contribution is -2.40. The summed E-state index contributed by atoms with van der Waals surface area (Å²) < 4.78 is 27.5. The SMILES string of the molecule is C[C@@H]1Cc2cc(C(=O)N3CCC(n4c(=O)[nH]c5ccccc54)CC3)ccc2N1S(C)(=O)=O. The number of carbonyl (C=O) groups is 1. The summed E-state index contributed by atoms with van der Waals surface area (Å²) in [6.07, 6.45) is 3.21. The van der Waals surface area contributed by atoms with Gasteiger partial charge in [0, 0.05) is 30.7 Å². The van der Waals surface area contributed by atoms with E-state index in [1.807, 2.05) is 46.7 Å². The number of nitrogens with zero attached hydrogens (tertiary/aromatic N) is 3. The number of aromatic amines is 1. The molecule has 0 bridgehead atoms. The van der Waals surface area contributed by atoms with Gasteiger partial charge in [0.05, 0.1) is 23.0 Å². The largest absolute Gasteiger partial charge is 0.338 e.